The Kier molecular flexibility index (Phi) is 3.68. The molecular formula is C15H19FN2. The van der Waals surface area contributed by atoms with E-state index in [2.05, 4.69) is 11.4 Å². The molecule has 0 bridgehead atoms. The lowest BCUT2D eigenvalue weighted by Gasteiger charge is -2.23. The van der Waals surface area contributed by atoms with Gasteiger partial charge in [0.25, 0.3) is 0 Å². The van der Waals surface area contributed by atoms with Crippen molar-refractivity contribution in [3.05, 3.63) is 35.6 Å². The van der Waals surface area contributed by atoms with Crippen LogP contribution < -0.4 is 5.32 Å². The third-order valence-corrected chi connectivity index (χ3v) is 3.39. The molecule has 0 saturated heterocycles. The lowest BCUT2D eigenvalue weighted by atomic mass is 9.94. The van der Waals surface area contributed by atoms with Crippen molar-refractivity contribution in [3.63, 3.8) is 0 Å². The van der Waals surface area contributed by atoms with Crippen LogP contribution in [-0.4, -0.2) is 6.54 Å². The highest BCUT2D eigenvalue weighted by atomic mass is 19.1. The number of hydrogen-bond acceptors (Lipinski definition) is 2. The first kappa shape index (κ1) is 13.0. The van der Waals surface area contributed by atoms with Gasteiger partial charge in [0.05, 0.1) is 11.5 Å². The number of nitrogens with zero attached hydrogens (tertiary/aromatic N) is 1. The Morgan fingerprint density at radius 3 is 2.50 bits per heavy atom. The smallest absolute Gasteiger partial charge is 0.123 e. The molecule has 1 unspecified atom stereocenters. The Balaban J connectivity index is 2.05. The summed E-state index contributed by atoms with van der Waals surface area (Å²) in [6.45, 7) is 4.51. The zero-order chi connectivity index (χ0) is 13.2. The second-order valence-corrected chi connectivity index (χ2v) is 5.74. The van der Waals surface area contributed by atoms with Gasteiger partial charge in [0.2, 0.25) is 0 Å². The summed E-state index contributed by atoms with van der Waals surface area (Å²) in [4.78, 5) is 0. The molecule has 0 aliphatic heterocycles. The molecule has 18 heavy (non-hydrogen) atoms. The Bertz CT molecular complexity index is 441. The molecule has 96 valence electrons. The first-order valence-corrected chi connectivity index (χ1v) is 6.42. The van der Waals surface area contributed by atoms with Crippen molar-refractivity contribution in [2.75, 3.05) is 6.54 Å². The molecule has 2 rings (SSSR count). The van der Waals surface area contributed by atoms with Crippen LogP contribution in [0.25, 0.3) is 0 Å². The number of nitrogens with one attached hydrogen (secondary N) is 1. The average Bonchev–Trinajstić information content (AvgIpc) is 3.16. The van der Waals surface area contributed by atoms with Gasteiger partial charge >= 0.3 is 0 Å². The molecule has 0 radical (unpaired) electrons. The molecule has 1 aliphatic rings. The lowest BCUT2D eigenvalue weighted by molar-refractivity contribution is 0.383. The molecule has 0 aromatic heterocycles. The molecule has 2 nitrogen and oxygen atoms in total. The van der Waals surface area contributed by atoms with Gasteiger partial charge < -0.3 is 5.32 Å². The number of nitriles is 1. The van der Waals surface area contributed by atoms with Crippen LogP contribution in [0.4, 0.5) is 4.39 Å². The van der Waals surface area contributed by atoms with E-state index in [0.717, 1.165) is 5.56 Å². The SMILES string of the molecule is CC(C)(C#N)CNC(c1ccc(F)cc1)C1CC1. The van der Waals surface area contributed by atoms with Gasteiger partial charge in [-0.15, -0.1) is 0 Å². The highest BCUT2D eigenvalue weighted by Gasteiger charge is 2.33. The van der Waals surface area contributed by atoms with E-state index in [9.17, 15) is 4.39 Å². The van der Waals surface area contributed by atoms with E-state index in [1.165, 1.54) is 25.0 Å². The van der Waals surface area contributed by atoms with Crippen LogP contribution in [0.5, 0.6) is 0 Å². The Labute approximate surface area is 108 Å². The normalized spacial score (nSPS) is 17.2. The average molecular weight is 246 g/mol. The van der Waals surface area contributed by atoms with Crippen LogP contribution in [0.3, 0.4) is 0 Å². The van der Waals surface area contributed by atoms with E-state index >= 15 is 0 Å². The summed E-state index contributed by atoms with van der Waals surface area (Å²) in [6, 6.07) is 9.22. The van der Waals surface area contributed by atoms with Crippen molar-refractivity contribution in [1.82, 2.24) is 5.32 Å². The van der Waals surface area contributed by atoms with E-state index in [-0.39, 0.29) is 17.3 Å². The second-order valence-electron chi connectivity index (χ2n) is 5.74. The molecule has 1 saturated carbocycles. The van der Waals surface area contributed by atoms with Crippen molar-refractivity contribution < 1.29 is 4.39 Å². The van der Waals surface area contributed by atoms with Crippen LogP contribution in [0.2, 0.25) is 0 Å². The van der Waals surface area contributed by atoms with Gasteiger partial charge in [-0.25, -0.2) is 4.39 Å². The van der Waals surface area contributed by atoms with Crippen molar-refractivity contribution in [1.29, 1.82) is 5.26 Å². The van der Waals surface area contributed by atoms with Crippen molar-refractivity contribution >= 4 is 0 Å². The number of rotatable bonds is 5. The summed E-state index contributed by atoms with van der Waals surface area (Å²) in [5.41, 5.74) is 0.750. The molecule has 0 spiro atoms. The minimum absolute atomic E-state index is 0.203. The number of benzene rings is 1. The topological polar surface area (TPSA) is 35.8 Å². The molecule has 1 fully saturated rings. The summed E-state index contributed by atoms with van der Waals surface area (Å²) >= 11 is 0. The van der Waals surface area contributed by atoms with Gasteiger partial charge in [-0.3, -0.25) is 0 Å². The highest BCUT2D eigenvalue weighted by Crippen LogP contribution is 2.41. The van der Waals surface area contributed by atoms with Gasteiger partial charge in [-0.2, -0.15) is 5.26 Å². The third kappa shape index (κ3) is 3.30. The summed E-state index contributed by atoms with van der Waals surface area (Å²) in [6.07, 6.45) is 2.42. The van der Waals surface area contributed by atoms with Gasteiger partial charge in [-0.1, -0.05) is 12.1 Å². The maximum Gasteiger partial charge on any atom is 0.123 e. The summed E-state index contributed by atoms with van der Waals surface area (Å²) < 4.78 is 12.9. The van der Waals surface area contributed by atoms with Gasteiger partial charge in [0.15, 0.2) is 0 Å². The zero-order valence-corrected chi connectivity index (χ0v) is 10.9. The monoisotopic (exact) mass is 246 g/mol. The van der Waals surface area contributed by atoms with Crippen LogP contribution in [-0.2, 0) is 0 Å². The van der Waals surface area contributed by atoms with Crippen LogP contribution in [0, 0.1) is 28.5 Å². The van der Waals surface area contributed by atoms with E-state index in [4.69, 9.17) is 5.26 Å². The largest absolute Gasteiger partial charge is 0.308 e. The third-order valence-electron chi connectivity index (χ3n) is 3.39. The van der Waals surface area contributed by atoms with Gasteiger partial charge in [0, 0.05) is 12.6 Å². The summed E-state index contributed by atoms with van der Waals surface area (Å²) in [5.74, 6) is 0.426. The van der Waals surface area contributed by atoms with Crippen LogP contribution in [0.15, 0.2) is 24.3 Å². The van der Waals surface area contributed by atoms with Crippen molar-refractivity contribution in [3.8, 4) is 6.07 Å². The van der Waals surface area contributed by atoms with Gasteiger partial charge in [0.1, 0.15) is 5.82 Å². The first-order valence-electron chi connectivity index (χ1n) is 6.42. The van der Waals surface area contributed by atoms with Gasteiger partial charge in [-0.05, 0) is 50.3 Å². The molecule has 3 heteroatoms. The molecule has 1 aromatic rings. The molecular weight excluding hydrogens is 227 g/mol. The molecule has 0 heterocycles. The fraction of sp³-hybridized carbons (Fsp3) is 0.533. The number of hydrogen-bond donors (Lipinski definition) is 1. The molecule has 1 aliphatic carbocycles. The predicted octanol–water partition coefficient (Wildman–Crippen LogP) is 3.42. The van der Waals surface area contributed by atoms with Crippen LogP contribution in [0.1, 0.15) is 38.3 Å². The zero-order valence-electron chi connectivity index (χ0n) is 10.9. The standard InChI is InChI=1S/C15H19FN2/c1-15(2,9-17)10-18-14(11-3-4-11)12-5-7-13(16)8-6-12/h5-8,11,14,18H,3-4,10H2,1-2H3. The Morgan fingerprint density at radius 2 is 2.00 bits per heavy atom. The molecule has 1 atom stereocenters. The number of halogens is 1. The van der Waals surface area contributed by atoms with Crippen LogP contribution >= 0.6 is 0 Å². The second kappa shape index (κ2) is 5.07. The maximum atomic E-state index is 12.9. The summed E-state index contributed by atoms with van der Waals surface area (Å²) in [7, 11) is 0. The minimum atomic E-state index is -0.368. The van der Waals surface area contributed by atoms with E-state index < -0.39 is 0 Å². The molecule has 1 N–H and O–H groups in total. The lowest BCUT2D eigenvalue weighted by Crippen LogP contribution is -2.32. The van der Waals surface area contributed by atoms with E-state index in [1.807, 2.05) is 26.0 Å². The van der Waals surface area contributed by atoms with E-state index in [1.54, 1.807) is 0 Å². The van der Waals surface area contributed by atoms with E-state index in [0.29, 0.717) is 12.5 Å². The highest BCUT2D eigenvalue weighted by molar-refractivity contribution is 5.22. The van der Waals surface area contributed by atoms with Crippen molar-refractivity contribution in [2.24, 2.45) is 11.3 Å². The molecule has 1 aromatic carbocycles. The maximum absolute atomic E-state index is 12.9. The van der Waals surface area contributed by atoms with Crippen molar-refractivity contribution in [2.45, 2.75) is 32.7 Å². The summed E-state index contributed by atoms with van der Waals surface area (Å²) in [5, 5.41) is 12.5. The quantitative estimate of drug-likeness (QED) is 0.864. The predicted molar refractivity (Wildman–Crippen MR) is 69.3 cm³/mol. The first-order chi connectivity index (χ1) is 8.52. The minimum Gasteiger partial charge on any atom is -0.308 e. The molecule has 0 amide bonds. The fourth-order valence-electron chi connectivity index (χ4n) is 2.06. The Morgan fingerprint density at radius 1 is 1.39 bits per heavy atom. The Hall–Kier alpha value is -1.40. The fourth-order valence-corrected chi connectivity index (χ4v) is 2.06.